The van der Waals surface area contributed by atoms with Crippen molar-refractivity contribution in [1.82, 2.24) is 0 Å². The van der Waals surface area contributed by atoms with Crippen molar-refractivity contribution in [2.45, 2.75) is 25.4 Å². The lowest BCUT2D eigenvalue weighted by molar-refractivity contribution is 0.0313. The third kappa shape index (κ3) is 3.34. The molecule has 2 N–H and O–H groups in total. The van der Waals surface area contributed by atoms with E-state index in [2.05, 4.69) is 9.98 Å². The van der Waals surface area contributed by atoms with Crippen LogP contribution in [0, 0.1) is 0 Å². The molecule has 0 saturated carbocycles. The van der Waals surface area contributed by atoms with Crippen LogP contribution < -0.4 is 0 Å². The minimum Gasteiger partial charge on any atom is -0.473 e. The molecule has 6 nitrogen and oxygen atoms in total. The molecule has 0 aliphatic carbocycles. The van der Waals surface area contributed by atoms with E-state index in [1.54, 1.807) is 0 Å². The second kappa shape index (κ2) is 7.27. The minimum absolute atomic E-state index is 0.0487. The molecular formula is C20H20N2O4. The van der Waals surface area contributed by atoms with E-state index in [-0.39, 0.29) is 13.1 Å². The van der Waals surface area contributed by atoms with Gasteiger partial charge in [-0.1, -0.05) is 36.4 Å². The molecule has 2 heterocycles. The second-order valence-electron chi connectivity index (χ2n) is 6.32. The number of rotatable bonds is 5. The van der Waals surface area contributed by atoms with Gasteiger partial charge in [0, 0.05) is 22.3 Å². The smallest absolute Gasteiger partial charge is 0.216 e. The lowest BCUT2D eigenvalue weighted by Crippen LogP contribution is -2.32. The van der Waals surface area contributed by atoms with E-state index >= 15 is 0 Å². The van der Waals surface area contributed by atoms with Gasteiger partial charge in [0.05, 0.1) is 13.1 Å². The van der Waals surface area contributed by atoms with E-state index in [0.29, 0.717) is 25.0 Å². The minimum atomic E-state index is -1.03. The molecule has 0 aromatic heterocycles. The highest BCUT2D eigenvalue weighted by atomic mass is 16.5. The molecule has 0 saturated heterocycles. The average Bonchev–Trinajstić information content (AvgIpc) is 3.28. The second-order valence-corrected chi connectivity index (χ2v) is 6.32. The van der Waals surface area contributed by atoms with Gasteiger partial charge in [0.2, 0.25) is 11.8 Å². The van der Waals surface area contributed by atoms with Gasteiger partial charge in [-0.2, -0.15) is 0 Å². The van der Waals surface area contributed by atoms with Gasteiger partial charge in [-0.05, 0) is 12.1 Å². The molecule has 26 heavy (non-hydrogen) atoms. The maximum Gasteiger partial charge on any atom is 0.216 e. The highest BCUT2D eigenvalue weighted by molar-refractivity contribution is 5.98. The summed E-state index contributed by atoms with van der Waals surface area (Å²) in [5.74, 6) is 1.01. The van der Waals surface area contributed by atoms with Gasteiger partial charge in [-0.25, -0.2) is 9.98 Å². The Labute approximate surface area is 151 Å². The summed E-state index contributed by atoms with van der Waals surface area (Å²) >= 11 is 0. The van der Waals surface area contributed by atoms with Crippen molar-refractivity contribution in [1.29, 1.82) is 0 Å². The predicted molar refractivity (Wildman–Crippen MR) is 97.3 cm³/mol. The van der Waals surface area contributed by atoms with Crippen molar-refractivity contribution in [2.75, 3.05) is 13.1 Å². The van der Waals surface area contributed by atoms with Crippen LogP contribution >= 0.6 is 0 Å². The van der Waals surface area contributed by atoms with Crippen LogP contribution in [-0.2, 0) is 22.7 Å². The van der Waals surface area contributed by atoms with E-state index in [1.807, 2.05) is 48.5 Å². The Morgan fingerprint density at radius 2 is 1.15 bits per heavy atom. The molecule has 2 aromatic rings. The Morgan fingerprint density at radius 3 is 1.62 bits per heavy atom. The van der Waals surface area contributed by atoms with E-state index in [4.69, 9.17) is 9.47 Å². The summed E-state index contributed by atoms with van der Waals surface area (Å²) in [5, 5.41) is 20.3. The summed E-state index contributed by atoms with van der Waals surface area (Å²) in [5.41, 5.74) is 4.02. The molecule has 0 amide bonds. The summed E-state index contributed by atoms with van der Waals surface area (Å²) in [4.78, 5) is 8.61. The number of hydrogen-bond acceptors (Lipinski definition) is 6. The summed E-state index contributed by atoms with van der Waals surface area (Å²) in [6, 6.07) is 15.6. The Morgan fingerprint density at radius 1 is 0.731 bits per heavy atom. The largest absolute Gasteiger partial charge is 0.473 e. The maximum absolute atomic E-state index is 10.2. The highest BCUT2D eigenvalue weighted by Gasteiger charge is 2.22. The van der Waals surface area contributed by atoms with Crippen molar-refractivity contribution < 1.29 is 19.7 Å². The zero-order valence-electron chi connectivity index (χ0n) is 14.2. The van der Waals surface area contributed by atoms with E-state index in [1.165, 1.54) is 0 Å². The van der Waals surface area contributed by atoms with Crippen molar-refractivity contribution in [3.8, 4) is 0 Å². The Balaban J connectivity index is 1.37. The van der Waals surface area contributed by atoms with E-state index in [9.17, 15) is 10.2 Å². The van der Waals surface area contributed by atoms with Gasteiger partial charge < -0.3 is 19.7 Å². The quantitative estimate of drug-likeness (QED) is 0.857. The lowest BCUT2D eigenvalue weighted by Gasteiger charge is -2.14. The van der Waals surface area contributed by atoms with Crippen LogP contribution in [0.3, 0.4) is 0 Å². The molecule has 0 spiro atoms. The van der Waals surface area contributed by atoms with Crippen LogP contribution in [-0.4, -0.2) is 47.3 Å². The number of benzene rings is 2. The molecule has 0 radical (unpaired) electrons. The van der Waals surface area contributed by atoms with Gasteiger partial charge in [-0.3, -0.25) is 0 Å². The first-order valence-electron chi connectivity index (χ1n) is 8.59. The molecule has 2 aliphatic rings. The van der Waals surface area contributed by atoms with Crippen LogP contribution in [0.15, 0.2) is 58.5 Å². The number of nitrogens with zero attached hydrogens (tertiary/aromatic N) is 2. The molecule has 2 unspecified atom stereocenters. The highest BCUT2D eigenvalue weighted by Crippen LogP contribution is 2.21. The lowest BCUT2D eigenvalue weighted by atomic mass is 10.1. The van der Waals surface area contributed by atoms with E-state index < -0.39 is 12.2 Å². The summed E-state index contributed by atoms with van der Waals surface area (Å²) < 4.78 is 11.1. The summed E-state index contributed by atoms with van der Waals surface area (Å²) in [6.45, 7) is 1.07. The summed E-state index contributed by atoms with van der Waals surface area (Å²) in [6.07, 6.45) is -2.06. The number of aliphatic hydroxyl groups excluding tert-OH is 2. The van der Waals surface area contributed by atoms with Crippen molar-refractivity contribution in [3.63, 3.8) is 0 Å². The number of hydrogen-bond donors (Lipinski definition) is 2. The third-order valence-corrected chi connectivity index (χ3v) is 4.51. The monoisotopic (exact) mass is 352 g/mol. The van der Waals surface area contributed by atoms with Crippen LogP contribution in [0.25, 0.3) is 0 Å². The zero-order valence-corrected chi connectivity index (χ0v) is 14.2. The molecule has 4 rings (SSSR count). The topological polar surface area (TPSA) is 83.6 Å². The fraction of sp³-hybridized carbons (Fsp3) is 0.300. The van der Waals surface area contributed by atoms with Gasteiger partial charge in [0.25, 0.3) is 0 Å². The molecule has 134 valence electrons. The number of fused-ring (bicyclic) bond motifs is 2. The van der Waals surface area contributed by atoms with Gasteiger partial charge >= 0.3 is 0 Å². The van der Waals surface area contributed by atoms with Gasteiger partial charge in [0.15, 0.2) is 0 Å². The Bertz CT molecular complexity index is 791. The van der Waals surface area contributed by atoms with Crippen molar-refractivity contribution in [3.05, 3.63) is 70.8 Å². The van der Waals surface area contributed by atoms with Crippen LogP contribution in [0.5, 0.6) is 0 Å². The van der Waals surface area contributed by atoms with E-state index in [0.717, 1.165) is 22.3 Å². The zero-order chi connectivity index (χ0) is 17.9. The molecule has 0 bridgehead atoms. The maximum atomic E-state index is 10.2. The van der Waals surface area contributed by atoms with Gasteiger partial charge in [0.1, 0.15) is 25.4 Å². The Kier molecular flexibility index (Phi) is 4.69. The summed E-state index contributed by atoms with van der Waals surface area (Å²) in [7, 11) is 0. The fourth-order valence-electron chi connectivity index (χ4n) is 3.02. The first-order valence-corrected chi connectivity index (χ1v) is 8.59. The van der Waals surface area contributed by atoms with Crippen molar-refractivity contribution >= 4 is 11.8 Å². The molecule has 0 fully saturated rings. The molecular weight excluding hydrogens is 332 g/mol. The molecule has 2 atom stereocenters. The molecule has 6 heteroatoms. The van der Waals surface area contributed by atoms with Crippen LogP contribution in [0.1, 0.15) is 22.3 Å². The standard InChI is InChI=1S/C20H20N2O4/c23-17(9-21-19-15-7-3-1-5-13(15)11-25-19)18(24)10-22-20-16-8-4-2-6-14(16)12-26-20/h1-8,17-18,23-24H,9-12H2. The Hall–Kier alpha value is -2.70. The van der Waals surface area contributed by atoms with Gasteiger partial charge in [-0.15, -0.1) is 0 Å². The predicted octanol–water partition coefficient (Wildman–Crippen LogP) is 1.66. The normalized spacial score (nSPS) is 20.4. The third-order valence-electron chi connectivity index (χ3n) is 4.51. The fourth-order valence-corrected chi connectivity index (χ4v) is 3.02. The van der Waals surface area contributed by atoms with Crippen LogP contribution in [0.4, 0.5) is 0 Å². The number of ether oxygens (including phenoxy) is 2. The van der Waals surface area contributed by atoms with Crippen LogP contribution in [0.2, 0.25) is 0 Å². The number of aliphatic imine (C=N–C) groups is 2. The first kappa shape index (κ1) is 16.8. The SMILES string of the molecule is OC(CN=C1OCc2ccccc21)C(O)CN=C1OCc2ccccc21. The molecule has 2 aliphatic heterocycles. The number of aliphatic hydroxyl groups is 2. The molecule has 2 aromatic carbocycles. The first-order chi connectivity index (χ1) is 12.7. The van der Waals surface area contributed by atoms with Crippen molar-refractivity contribution in [2.24, 2.45) is 9.98 Å². The average molecular weight is 352 g/mol.